The Balaban J connectivity index is 2.17. The van der Waals surface area contributed by atoms with E-state index in [0.717, 1.165) is 11.4 Å². The number of anilines is 1. The highest BCUT2D eigenvalue weighted by Gasteiger charge is 2.24. The Hall–Kier alpha value is -2.02. The Bertz CT molecular complexity index is 437. The predicted molar refractivity (Wildman–Crippen MR) is 59.1 cm³/mol. The molecule has 1 amide bonds. The van der Waals surface area contributed by atoms with Crippen LogP contribution in [0, 0.1) is 11.3 Å². The van der Waals surface area contributed by atoms with Gasteiger partial charge in [-0.25, -0.2) is 0 Å². The molecule has 0 radical (unpaired) electrons. The van der Waals surface area contributed by atoms with Crippen LogP contribution in [0.4, 0.5) is 5.69 Å². The number of carbonyl (C=O) groups excluding carboxylic acids is 1. The number of para-hydroxylation sites is 2. The van der Waals surface area contributed by atoms with Crippen LogP contribution in [0.5, 0.6) is 5.75 Å². The van der Waals surface area contributed by atoms with Gasteiger partial charge < -0.3 is 9.64 Å². The summed E-state index contributed by atoms with van der Waals surface area (Å²) in [7, 11) is 0. The van der Waals surface area contributed by atoms with Gasteiger partial charge in [0.1, 0.15) is 5.75 Å². The zero-order valence-electron chi connectivity index (χ0n) is 8.85. The molecule has 0 saturated carbocycles. The molecule has 0 saturated heterocycles. The minimum atomic E-state index is -0.0448. The molecular formula is C12H12N2O2. The lowest BCUT2D eigenvalue weighted by Gasteiger charge is -2.29. The van der Waals surface area contributed by atoms with Gasteiger partial charge in [0.05, 0.1) is 11.8 Å². The fourth-order valence-corrected chi connectivity index (χ4v) is 1.72. The molecule has 0 unspecified atom stereocenters. The standard InChI is InChI=1S/C12H12N2O2/c13-7-3-4-8-14-10-5-1-2-6-11(10)16-9-12(14)15/h1-2,5-6H,3-4,8-9H2. The average molecular weight is 216 g/mol. The summed E-state index contributed by atoms with van der Waals surface area (Å²) in [6, 6.07) is 9.53. The van der Waals surface area contributed by atoms with Crippen molar-refractivity contribution in [3.8, 4) is 11.8 Å². The second kappa shape index (κ2) is 4.67. The summed E-state index contributed by atoms with van der Waals surface area (Å²) in [6.45, 7) is 0.663. The van der Waals surface area contributed by atoms with Gasteiger partial charge >= 0.3 is 0 Å². The topological polar surface area (TPSA) is 53.3 Å². The van der Waals surface area contributed by atoms with E-state index in [4.69, 9.17) is 10.00 Å². The number of hydrogen-bond acceptors (Lipinski definition) is 3. The predicted octanol–water partition coefficient (Wildman–Crippen LogP) is 1.72. The van der Waals surface area contributed by atoms with Crippen molar-refractivity contribution in [2.24, 2.45) is 0 Å². The molecule has 16 heavy (non-hydrogen) atoms. The van der Waals surface area contributed by atoms with Gasteiger partial charge in [-0.05, 0) is 18.6 Å². The molecule has 0 N–H and O–H groups in total. The molecule has 0 spiro atoms. The number of unbranched alkanes of at least 4 members (excludes halogenated alkanes) is 1. The van der Waals surface area contributed by atoms with Crippen molar-refractivity contribution in [3.05, 3.63) is 24.3 Å². The molecule has 82 valence electrons. The molecule has 4 nitrogen and oxygen atoms in total. The van der Waals surface area contributed by atoms with Gasteiger partial charge in [-0.3, -0.25) is 4.79 Å². The van der Waals surface area contributed by atoms with Gasteiger partial charge in [-0.1, -0.05) is 12.1 Å². The monoisotopic (exact) mass is 216 g/mol. The zero-order chi connectivity index (χ0) is 11.4. The summed E-state index contributed by atoms with van der Waals surface area (Å²) in [6.07, 6.45) is 1.16. The lowest BCUT2D eigenvalue weighted by molar-refractivity contribution is -0.121. The summed E-state index contributed by atoms with van der Waals surface area (Å²) in [5.74, 6) is 0.690. The highest BCUT2D eigenvalue weighted by atomic mass is 16.5. The quantitative estimate of drug-likeness (QED) is 0.723. The van der Waals surface area contributed by atoms with Gasteiger partial charge in [0.25, 0.3) is 5.91 Å². The molecule has 0 aliphatic carbocycles. The van der Waals surface area contributed by atoms with Gasteiger partial charge in [0.2, 0.25) is 0 Å². The number of fused-ring (bicyclic) bond motifs is 1. The van der Waals surface area contributed by atoms with Crippen LogP contribution in [0.1, 0.15) is 12.8 Å². The molecule has 0 bridgehead atoms. The fraction of sp³-hybridized carbons (Fsp3) is 0.333. The lowest BCUT2D eigenvalue weighted by atomic mass is 10.2. The smallest absolute Gasteiger partial charge is 0.265 e. The Morgan fingerprint density at radius 2 is 2.25 bits per heavy atom. The van der Waals surface area contributed by atoms with Crippen LogP contribution in [0.25, 0.3) is 0 Å². The van der Waals surface area contributed by atoms with Crippen LogP contribution < -0.4 is 9.64 Å². The minimum Gasteiger partial charge on any atom is -0.482 e. The zero-order valence-corrected chi connectivity index (χ0v) is 8.85. The van der Waals surface area contributed by atoms with Gasteiger partial charge in [-0.15, -0.1) is 0 Å². The first-order valence-corrected chi connectivity index (χ1v) is 5.22. The Labute approximate surface area is 94.0 Å². The summed E-state index contributed by atoms with van der Waals surface area (Å²) >= 11 is 0. The van der Waals surface area contributed by atoms with Gasteiger partial charge in [0, 0.05) is 13.0 Å². The molecule has 1 aliphatic heterocycles. The van der Waals surface area contributed by atoms with Crippen molar-refractivity contribution < 1.29 is 9.53 Å². The number of nitriles is 1. The molecule has 0 fully saturated rings. The van der Waals surface area contributed by atoms with Gasteiger partial charge in [0.15, 0.2) is 6.61 Å². The van der Waals surface area contributed by atoms with Crippen LogP contribution in [-0.2, 0) is 4.79 Å². The van der Waals surface area contributed by atoms with E-state index in [2.05, 4.69) is 6.07 Å². The molecule has 1 aromatic rings. The molecular weight excluding hydrogens is 204 g/mol. The number of rotatable bonds is 3. The number of carbonyl (C=O) groups is 1. The van der Waals surface area contributed by atoms with Gasteiger partial charge in [-0.2, -0.15) is 5.26 Å². The molecule has 1 aliphatic rings. The number of nitrogens with zero attached hydrogens (tertiary/aromatic N) is 2. The van der Waals surface area contributed by atoms with E-state index >= 15 is 0 Å². The molecule has 1 aromatic carbocycles. The van der Waals surface area contributed by atoms with Crippen LogP contribution in [-0.4, -0.2) is 19.1 Å². The highest BCUT2D eigenvalue weighted by molar-refractivity contribution is 5.97. The average Bonchev–Trinajstić information content (AvgIpc) is 2.32. The van der Waals surface area contributed by atoms with Crippen molar-refractivity contribution in [1.82, 2.24) is 0 Å². The molecule has 1 heterocycles. The third-order valence-corrected chi connectivity index (χ3v) is 2.48. The van der Waals surface area contributed by atoms with E-state index in [1.54, 1.807) is 4.90 Å². The van der Waals surface area contributed by atoms with Crippen LogP contribution >= 0.6 is 0 Å². The van der Waals surface area contributed by atoms with E-state index in [9.17, 15) is 4.79 Å². The maximum absolute atomic E-state index is 11.7. The first-order valence-electron chi connectivity index (χ1n) is 5.22. The molecule has 0 aromatic heterocycles. The third kappa shape index (κ3) is 1.98. The van der Waals surface area contributed by atoms with E-state index in [0.29, 0.717) is 19.4 Å². The summed E-state index contributed by atoms with van der Waals surface area (Å²) < 4.78 is 5.32. The Morgan fingerprint density at radius 3 is 3.06 bits per heavy atom. The van der Waals surface area contributed by atoms with Crippen molar-refractivity contribution in [2.75, 3.05) is 18.1 Å². The van der Waals surface area contributed by atoms with Crippen LogP contribution in [0.2, 0.25) is 0 Å². The van der Waals surface area contributed by atoms with E-state index in [1.807, 2.05) is 24.3 Å². The normalized spacial score (nSPS) is 13.9. The molecule has 4 heteroatoms. The lowest BCUT2D eigenvalue weighted by Crippen LogP contribution is -2.39. The first-order chi connectivity index (χ1) is 7.83. The third-order valence-electron chi connectivity index (χ3n) is 2.48. The van der Waals surface area contributed by atoms with Crippen molar-refractivity contribution >= 4 is 11.6 Å². The second-order valence-electron chi connectivity index (χ2n) is 3.56. The SMILES string of the molecule is N#CCCCN1C(=O)COc2ccccc21. The Morgan fingerprint density at radius 1 is 1.44 bits per heavy atom. The highest BCUT2D eigenvalue weighted by Crippen LogP contribution is 2.31. The Kier molecular flexibility index (Phi) is 3.06. The van der Waals surface area contributed by atoms with E-state index < -0.39 is 0 Å². The summed E-state index contributed by atoms with van der Waals surface area (Å²) in [4.78, 5) is 13.4. The van der Waals surface area contributed by atoms with E-state index in [1.165, 1.54) is 0 Å². The van der Waals surface area contributed by atoms with Crippen LogP contribution in [0.3, 0.4) is 0 Å². The van der Waals surface area contributed by atoms with Crippen molar-refractivity contribution in [2.45, 2.75) is 12.8 Å². The maximum Gasteiger partial charge on any atom is 0.265 e. The summed E-state index contributed by atoms with van der Waals surface area (Å²) in [5, 5.41) is 8.48. The van der Waals surface area contributed by atoms with Crippen molar-refractivity contribution in [1.29, 1.82) is 5.26 Å². The summed E-state index contributed by atoms with van der Waals surface area (Å²) in [5.41, 5.74) is 0.802. The minimum absolute atomic E-state index is 0.0448. The number of ether oxygens (including phenoxy) is 1. The maximum atomic E-state index is 11.7. The molecule has 2 rings (SSSR count). The molecule has 0 atom stereocenters. The fourth-order valence-electron chi connectivity index (χ4n) is 1.72. The number of amides is 1. The van der Waals surface area contributed by atoms with Crippen LogP contribution in [0.15, 0.2) is 24.3 Å². The number of hydrogen-bond donors (Lipinski definition) is 0. The second-order valence-corrected chi connectivity index (χ2v) is 3.56. The van der Waals surface area contributed by atoms with E-state index in [-0.39, 0.29) is 12.5 Å². The first kappa shape index (κ1) is 10.5. The number of benzene rings is 1. The largest absolute Gasteiger partial charge is 0.482 e. The van der Waals surface area contributed by atoms with Crippen molar-refractivity contribution in [3.63, 3.8) is 0 Å².